The molecule has 26 heavy (non-hydrogen) atoms. The maximum absolute atomic E-state index is 4.70. The van der Waals surface area contributed by atoms with Crippen LogP contribution in [0.5, 0.6) is 0 Å². The van der Waals surface area contributed by atoms with Gasteiger partial charge in [-0.1, -0.05) is 24.3 Å². The second kappa shape index (κ2) is 10.3. The van der Waals surface area contributed by atoms with Crippen molar-refractivity contribution in [1.29, 1.82) is 0 Å². The summed E-state index contributed by atoms with van der Waals surface area (Å²) in [5.74, 6) is 0.856. The van der Waals surface area contributed by atoms with Crippen molar-refractivity contribution in [3.63, 3.8) is 0 Å². The van der Waals surface area contributed by atoms with Crippen molar-refractivity contribution in [3.8, 4) is 0 Å². The van der Waals surface area contributed by atoms with E-state index in [-0.39, 0.29) is 0 Å². The van der Waals surface area contributed by atoms with E-state index in [0.29, 0.717) is 6.54 Å². The number of aryl methyl sites for hydroxylation is 2. The van der Waals surface area contributed by atoms with Crippen LogP contribution < -0.4 is 10.6 Å². The van der Waals surface area contributed by atoms with Crippen LogP contribution >= 0.6 is 11.3 Å². The van der Waals surface area contributed by atoms with E-state index in [2.05, 4.69) is 79.6 Å². The zero-order chi connectivity index (χ0) is 18.9. The number of nitrogens with zero attached hydrogens (tertiary/aromatic N) is 3. The molecule has 1 aromatic carbocycles. The Hall–Kier alpha value is -1.92. The van der Waals surface area contributed by atoms with Gasteiger partial charge in [0.05, 0.1) is 17.2 Å². The third kappa shape index (κ3) is 6.77. The minimum absolute atomic E-state index is 0.674. The van der Waals surface area contributed by atoms with Crippen molar-refractivity contribution < 1.29 is 0 Å². The van der Waals surface area contributed by atoms with Crippen molar-refractivity contribution in [2.24, 2.45) is 4.99 Å². The van der Waals surface area contributed by atoms with Crippen molar-refractivity contribution >= 4 is 17.3 Å². The molecule has 142 valence electrons. The smallest absolute Gasteiger partial charge is 0.191 e. The minimum Gasteiger partial charge on any atom is -0.357 e. The second-order valence-electron chi connectivity index (χ2n) is 6.68. The van der Waals surface area contributed by atoms with Crippen LogP contribution in [0.4, 0.5) is 0 Å². The van der Waals surface area contributed by atoms with Gasteiger partial charge < -0.3 is 15.5 Å². The van der Waals surface area contributed by atoms with Crippen molar-refractivity contribution in [2.75, 3.05) is 27.2 Å². The molecular formula is C20H31N5S. The first kappa shape index (κ1) is 20.4. The normalized spacial score (nSPS) is 11.8. The van der Waals surface area contributed by atoms with E-state index in [1.54, 1.807) is 11.3 Å². The van der Waals surface area contributed by atoms with Gasteiger partial charge in [0, 0.05) is 30.9 Å². The molecule has 2 N–H and O–H groups in total. The quantitative estimate of drug-likeness (QED) is 0.551. The third-order valence-corrected chi connectivity index (χ3v) is 5.12. The summed E-state index contributed by atoms with van der Waals surface area (Å²) in [4.78, 5) is 12.8. The van der Waals surface area contributed by atoms with Gasteiger partial charge in [0.1, 0.15) is 0 Å². The molecule has 2 aromatic rings. The van der Waals surface area contributed by atoms with Gasteiger partial charge in [-0.15, -0.1) is 11.3 Å². The average molecular weight is 374 g/mol. The SMILES string of the molecule is CCNC(=NCc1ccc(CN(C)C)cc1)NCCc1nc(C)c(C)s1. The van der Waals surface area contributed by atoms with Gasteiger partial charge >= 0.3 is 0 Å². The van der Waals surface area contributed by atoms with Gasteiger partial charge in [0.2, 0.25) is 0 Å². The number of thiazole rings is 1. The molecule has 0 atom stereocenters. The number of rotatable bonds is 8. The molecule has 0 fully saturated rings. The third-order valence-electron chi connectivity index (χ3n) is 3.99. The molecule has 0 aliphatic rings. The Morgan fingerprint density at radius 1 is 1.12 bits per heavy atom. The highest BCUT2D eigenvalue weighted by Crippen LogP contribution is 2.16. The van der Waals surface area contributed by atoms with Gasteiger partial charge in [-0.05, 0) is 46.0 Å². The van der Waals surface area contributed by atoms with Crippen LogP contribution in [0.3, 0.4) is 0 Å². The maximum Gasteiger partial charge on any atom is 0.191 e. The summed E-state index contributed by atoms with van der Waals surface area (Å²) in [5.41, 5.74) is 3.68. The van der Waals surface area contributed by atoms with Gasteiger partial charge in [-0.3, -0.25) is 0 Å². The van der Waals surface area contributed by atoms with E-state index in [9.17, 15) is 0 Å². The Morgan fingerprint density at radius 2 is 1.81 bits per heavy atom. The van der Waals surface area contributed by atoms with Gasteiger partial charge in [0.15, 0.2) is 5.96 Å². The highest BCUT2D eigenvalue weighted by Gasteiger charge is 2.04. The van der Waals surface area contributed by atoms with Gasteiger partial charge in [0.25, 0.3) is 0 Å². The van der Waals surface area contributed by atoms with E-state index in [1.807, 2.05) is 0 Å². The number of benzene rings is 1. The Labute approximate surface area is 161 Å². The van der Waals surface area contributed by atoms with Gasteiger partial charge in [-0.25, -0.2) is 9.98 Å². The summed E-state index contributed by atoms with van der Waals surface area (Å²) in [7, 11) is 4.17. The first-order chi connectivity index (χ1) is 12.5. The number of hydrogen-bond acceptors (Lipinski definition) is 4. The zero-order valence-corrected chi connectivity index (χ0v) is 17.4. The number of nitrogens with one attached hydrogen (secondary N) is 2. The molecule has 6 heteroatoms. The fourth-order valence-electron chi connectivity index (χ4n) is 2.56. The summed E-state index contributed by atoms with van der Waals surface area (Å²) in [6.07, 6.45) is 0.920. The lowest BCUT2D eigenvalue weighted by atomic mass is 10.1. The molecule has 0 saturated carbocycles. The molecule has 0 spiro atoms. The number of guanidine groups is 1. The average Bonchev–Trinajstić information content (AvgIpc) is 2.91. The fourth-order valence-corrected chi connectivity index (χ4v) is 3.49. The molecule has 5 nitrogen and oxygen atoms in total. The van der Waals surface area contributed by atoms with Crippen LogP contribution in [0, 0.1) is 13.8 Å². The molecule has 1 aromatic heterocycles. The van der Waals surface area contributed by atoms with Crippen LogP contribution in [-0.2, 0) is 19.5 Å². The zero-order valence-electron chi connectivity index (χ0n) is 16.6. The van der Waals surface area contributed by atoms with Crippen LogP contribution in [0.15, 0.2) is 29.3 Å². The topological polar surface area (TPSA) is 52.6 Å². The summed E-state index contributed by atoms with van der Waals surface area (Å²) >= 11 is 1.78. The minimum atomic E-state index is 0.674. The first-order valence-corrected chi connectivity index (χ1v) is 9.97. The number of aliphatic imine (C=N–C) groups is 1. The molecular weight excluding hydrogens is 342 g/mol. The second-order valence-corrected chi connectivity index (χ2v) is 7.96. The fraction of sp³-hybridized carbons (Fsp3) is 0.500. The molecule has 0 bridgehead atoms. The van der Waals surface area contributed by atoms with Crippen molar-refractivity contribution in [1.82, 2.24) is 20.5 Å². The highest BCUT2D eigenvalue weighted by molar-refractivity contribution is 7.11. The Morgan fingerprint density at radius 3 is 2.38 bits per heavy atom. The Bertz CT molecular complexity index is 684. The van der Waals surface area contributed by atoms with Crippen LogP contribution in [0.25, 0.3) is 0 Å². The summed E-state index contributed by atoms with van der Waals surface area (Å²) < 4.78 is 0. The first-order valence-electron chi connectivity index (χ1n) is 9.15. The Kier molecular flexibility index (Phi) is 8.06. The standard InChI is InChI=1S/C20H31N5S/c1-6-21-20(22-12-11-19-24-15(2)16(3)26-19)23-13-17-7-9-18(10-8-17)14-25(4)5/h7-10H,6,11-14H2,1-5H3,(H2,21,22,23). The van der Waals surface area contributed by atoms with Crippen molar-refractivity contribution in [2.45, 2.75) is 40.3 Å². The molecule has 0 saturated heterocycles. The van der Waals surface area contributed by atoms with Crippen LogP contribution in [0.1, 0.15) is 33.6 Å². The summed E-state index contributed by atoms with van der Waals surface area (Å²) in [5, 5.41) is 7.89. The molecule has 1 heterocycles. The van der Waals surface area contributed by atoms with E-state index in [4.69, 9.17) is 4.99 Å². The maximum atomic E-state index is 4.70. The van der Waals surface area contributed by atoms with Crippen LogP contribution in [-0.4, -0.2) is 43.0 Å². The molecule has 0 aliphatic heterocycles. The molecule has 0 radical (unpaired) electrons. The number of aromatic nitrogens is 1. The van der Waals surface area contributed by atoms with E-state index >= 15 is 0 Å². The summed E-state index contributed by atoms with van der Waals surface area (Å²) in [6, 6.07) is 8.68. The van der Waals surface area contributed by atoms with E-state index < -0.39 is 0 Å². The Balaban J connectivity index is 1.87. The highest BCUT2D eigenvalue weighted by atomic mass is 32.1. The van der Waals surface area contributed by atoms with Gasteiger partial charge in [-0.2, -0.15) is 0 Å². The van der Waals surface area contributed by atoms with E-state index in [1.165, 1.54) is 21.0 Å². The van der Waals surface area contributed by atoms with Crippen LogP contribution in [0.2, 0.25) is 0 Å². The largest absolute Gasteiger partial charge is 0.357 e. The predicted octanol–water partition coefficient (Wildman–Crippen LogP) is 3.12. The predicted molar refractivity (Wildman–Crippen MR) is 112 cm³/mol. The lowest BCUT2D eigenvalue weighted by molar-refractivity contribution is 0.402. The molecule has 0 amide bonds. The summed E-state index contributed by atoms with van der Waals surface area (Å²) in [6.45, 7) is 9.59. The lowest BCUT2D eigenvalue weighted by Gasteiger charge is -2.11. The lowest BCUT2D eigenvalue weighted by Crippen LogP contribution is -2.38. The molecule has 2 rings (SSSR count). The number of hydrogen-bond donors (Lipinski definition) is 2. The van der Waals surface area contributed by atoms with E-state index in [0.717, 1.165) is 37.7 Å². The van der Waals surface area contributed by atoms with Crippen molar-refractivity contribution in [3.05, 3.63) is 51.0 Å². The molecule has 0 aliphatic carbocycles. The monoisotopic (exact) mass is 373 g/mol. The molecule has 0 unspecified atom stereocenters.